The average molecular weight is 376 g/mol. The van der Waals surface area contributed by atoms with Crippen LogP contribution in [0.5, 0.6) is 0 Å². The highest BCUT2D eigenvalue weighted by atomic mass is 32.1. The number of amides is 1. The number of pyridine rings is 1. The van der Waals surface area contributed by atoms with E-state index >= 15 is 0 Å². The molecule has 3 N–H and O–H groups in total. The van der Waals surface area contributed by atoms with Gasteiger partial charge in [0.2, 0.25) is 0 Å². The maximum Gasteiger partial charge on any atom is 0.309 e. The van der Waals surface area contributed by atoms with Crippen LogP contribution in [0.1, 0.15) is 15.9 Å². The molecule has 0 saturated heterocycles. The Labute approximate surface area is 158 Å². The summed E-state index contributed by atoms with van der Waals surface area (Å²) < 4.78 is 2.50. The molecule has 27 heavy (non-hydrogen) atoms. The summed E-state index contributed by atoms with van der Waals surface area (Å²) in [4.78, 5) is 28.9. The minimum Gasteiger partial charge on any atom is -0.397 e. The van der Waals surface area contributed by atoms with Gasteiger partial charge in [0.1, 0.15) is 0 Å². The summed E-state index contributed by atoms with van der Waals surface area (Å²) in [5.41, 5.74) is 9.05. The first-order valence-electron chi connectivity index (χ1n) is 8.31. The highest BCUT2D eigenvalue weighted by Gasteiger charge is 2.10. The molecule has 0 aliphatic heterocycles. The van der Waals surface area contributed by atoms with Crippen LogP contribution in [0.25, 0.3) is 10.3 Å². The van der Waals surface area contributed by atoms with E-state index in [1.54, 1.807) is 35.0 Å². The van der Waals surface area contributed by atoms with E-state index in [0.717, 1.165) is 10.3 Å². The Kier molecular flexibility index (Phi) is 4.43. The van der Waals surface area contributed by atoms with Crippen molar-refractivity contribution in [2.45, 2.75) is 6.54 Å². The molecule has 7 heteroatoms. The van der Waals surface area contributed by atoms with Gasteiger partial charge in [-0.05, 0) is 42.0 Å². The van der Waals surface area contributed by atoms with E-state index in [0.29, 0.717) is 29.1 Å². The fraction of sp³-hybridized carbons (Fsp3) is 0.0500. The maximum absolute atomic E-state index is 12.4. The Morgan fingerprint density at radius 1 is 1.07 bits per heavy atom. The molecule has 0 aliphatic carbocycles. The molecule has 6 nitrogen and oxygen atoms in total. The lowest BCUT2D eigenvalue weighted by molar-refractivity contribution is 0.102. The van der Waals surface area contributed by atoms with Gasteiger partial charge < -0.3 is 11.1 Å². The van der Waals surface area contributed by atoms with Gasteiger partial charge in [-0.25, -0.2) is 4.98 Å². The molecular weight excluding hydrogens is 360 g/mol. The van der Waals surface area contributed by atoms with Crippen molar-refractivity contribution >= 4 is 39.0 Å². The van der Waals surface area contributed by atoms with Crippen molar-refractivity contribution in [3.63, 3.8) is 0 Å². The topological polar surface area (TPSA) is 90.0 Å². The molecule has 134 valence electrons. The third kappa shape index (κ3) is 3.45. The van der Waals surface area contributed by atoms with Gasteiger partial charge in [0.25, 0.3) is 5.91 Å². The fourth-order valence-corrected chi connectivity index (χ4v) is 3.64. The Bertz CT molecular complexity index is 1180. The number of hydrogen-bond donors (Lipinski definition) is 2. The van der Waals surface area contributed by atoms with Crippen LogP contribution in [0.15, 0.2) is 71.7 Å². The van der Waals surface area contributed by atoms with Crippen LogP contribution in [-0.2, 0) is 6.54 Å². The second-order valence-electron chi connectivity index (χ2n) is 6.02. The number of nitrogens with zero attached hydrogens (tertiary/aromatic N) is 2. The number of thiazole rings is 1. The molecule has 2 heterocycles. The smallest absolute Gasteiger partial charge is 0.309 e. The zero-order chi connectivity index (χ0) is 18.8. The third-order valence-corrected chi connectivity index (χ3v) is 5.12. The normalized spacial score (nSPS) is 10.8. The van der Waals surface area contributed by atoms with E-state index < -0.39 is 0 Å². The van der Waals surface area contributed by atoms with Crippen LogP contribution >= 0.6 is 11.3 Å². The van der Waals surface area contributed by atoms with E-state index in [2.05, 4.69) is 10.3 Å². The number of nitrogens with one attached hydrogen (secondary N) is 1. The number of nitrogens with two attached hydrogens (primary N) is 1. The largest absolute Gasteiger partial charge is 0.397 e. The molecule has 4 rings (SSSR count). The van der Waals surface area contributed by atoms with Crippen LogP contribution in [0.2, 0.25) is 0 Å². The molecule has 2 aromatic heterocycles. The van der Waals surface area contributed by atoms with Crippen LogP contribution in [0, 0.1) is 0 Å². The van der Waals surface area contributed by atoms with Crippen molar-refractivity contribution in [3.8, 4) is 0 Å². The van der Waals surface area contributed by atoms with E-state index in [-0.39, 0.29) is 10.8 Å². The number of rotatable bonds is 4. The first-order valence-corrected chi connectivity index (χ1v) is 9.12. The summed E-state index contributed by atoms with van der Waals surface area (Å²) in [6.45, 7) is 0.406. The van der Waals surface area contributed by atoms with Gasteiger partial charge in [-0.1, -0.05) is 35.6 Å². The molecule has 4 aromatic rings. The maximum atomic E-state index is 12.4. The monoisotopic (exact) mass is 376 g/mol. The van der Waals surface area contributed by atoms with Crippen molar-refractivity contribution in [1.82, 2.24) is 9.55 Å². The van der Waals surface area contributed by atoms with E-state index in [9.17, 15) is 9.59 Å². The molecule has 0 spiro atoms. The summed E-state index contributed by atoms with van der Waals surface area (Å²) >= 11 is 1.18. The molecule has 0 radical (unpaired) electrons. The standard InChI is InChI=1S/C20H16N4O2S/c21-15-4-1-2-5-16(15)23-19(25)14-9-7-13(8-10-14)12-24-18-17(27-20(24)26)6-3-11-22-18/h1-11H,12,21H2,(H,23,25). The van der Waals surface area contributed by atoms with Gasteiger partial charge >= 0.3 is 4.87 Å². The molecule has 0 unspecified atom stereocenters. The van der Waals surface area contributed by atoms with Gasteiger partial charge in [-0.15, -0.1) is 0 Å². The van der Waals surface area contributed by atoms with Crippen LogP contribution in [0.4, 0.5) is 11.4 Å². The lowest BCUT2D eigenvalue weighted by Gasteiger charge is -2.09. The Morgan fingerprint density at radius 2 is 1.85 bits per heavy atom. The van der Waals surface area contributed by atoms with Crippen LogP contribution in [-0.4, -0.2) is 15.5 Å². The third-order valence-electron chi connectivity index (χ3n) is 4.19. The molecule has 1 amide bonds. The summed E-state index contributed by atoms with van der Waals surface area (Å²) in [5.74, 6) is -0.237. The number of carbonyl (C=O) groups excluding carboxylic acids is 1. The average Bonchev–Trinajstić information content (AvgIpc) is 2.99. The second-order valence-corrected chi connectivity index (χ2v) is 7.01. The number of anilines is 2. The summed E-state index contributed by atoms with van der Waals surface area (Å²) in [7, 11) is 0. The highest BCUT2D eigenvalue weighted by molar-refractivity contribution is 7.16. The SMILES string of the molecule is Nc1ccccc1NC(=O)c1ccc(Cn2c(=O)sc3cccnc32)cc1. The van der Waals surface area contributed by atoms with Gasteiger partial charge in [-0.3, -0.25) is 14.2 Å². The Morgan fingerprint density at radius 3 is 2.63 bits per heavy atom. The van der Waals surface area contributed by atoms with E-state index in [1.165, 1.54) is 11.3 Å². The first-order chi connectivity index (χ1) is 13.1. The number of carbonyl (C=O) groups is 1. The van der Waals surface area contributed by atoms with Crippen LogP contribution < -0.4 is 15.9 Å². The Balaban J connectivity index is 1.54. The Hall–Kier alpha value is -3.45. The number of aromatic nitrogens is 2. The lowest BCUT2D eigenvalue weighted by Crippen LogP contribution is -2.15. The predicted molar refractivity (Wildman–Crippen MR) is 108 cm³/mol. The molecule has 0 fully saturated rings. The molecule has 0 aliphatic rings. The van der Waals surface area contributed by atoms with Gasteiger partial charge in [0, 0.05) is 11.8 Å². The first kappa shape index (κ1) is 17.0. The zero-order valence-electron chi connectivity index (χ0n) is 14.3. The van der Waals surface area contributed by atoms with Crippen LogP contribution in [0.3, 0.4) is 0 Å². The number of fused-ring (bicyclic) bond motifs is 1. The fourth-order valence-electron chi connectivity index (χ4n) is 2.79. The highest BCUT2D eigenvalue weighted by Crippen LogP contribution is 2.19. The number of benzene rings is 2. The molecule has 0 atom stereocenters. The number of para-hydroxylation sites is 2. The predicted octanol–water partition coefficient (Wildman–Crippen LogP) is 3.34. The summed E-state index contributed by atoms with van der Waals surface area (Å²) in [6.07, 6.45) is 1.67. The van der Waals surface area contributed by atoms with Crippen molar-refractivity contribution in [1.29, 1.82) is 0 Å². The van der Waals surface area contributed by atoms with Crippen molar-refractivity contribution in [3.05, 3.63) is 87.7 Å². The minimum absolute atomic E-state index is 0.0509. The summed E-state index contributed by atoms with van der Waals surface area (Å²) in [6, 6.07) is 17.9. The van der Waals surface area contributed by atoms with Gasteiger partial charge in [0.05, 0.1) is 22.6 Å². The van der Waals surface area contributed by atoms with Gasteiger partial charge in [0.15, 0.2) is 5.65 Å². The van der Waals surface area contributed by atoms with Crippen molar-refractivity contribution < 1.29 is 4.79 Å². The van der Waals surface area contributed by atoms with Crippen molar-refractivity contribution in [2.24, 2.45) is 0 Å². The van der Waals surface area contributed by atoms with Crippen molar-refractivity contribution in [2.75, 3.05) is 11.1 Å². The molecule has 2 aromatic carbocycles. The van der Waals surface area contributed by atoms with E-state index in [1.807, 2.05) is 36.4 Å². The zero-order valence-corrected chi connectivity index (χ0v) is 15.1. The second kappa shape index (κ2) is 7.05. The van der Waals surface area contributed by atoms with E-state index in [4.69, 9.17) is 5.73 Å². The number of nitrogen functional groups attached to an aromatic ring is 1. The number of hydrogen-bond acceptors (Lipinski definition) is 5. The lowest BCUT2D eigenvalue weighted by atomic mass is 10.1. The minimum atomic E-state index is -0.237. The molecule has 0 bridgehead atoms. The molecule has 0 saturated carbocycles. The molecular formula is C20H16N4O2S. The summed E-state index contributed by atoms with van der Waals surface area (Å²) in [5, 5.41) is 2.80. The van der Waals surface area contributed by atoms with Gasteiger partial charge in [-0.2, -0.15) is 0 Å². The quantitative estimate of drug-likeness (QED) is 0.535.